The van der Waals surface area contributed by atoms with E-state index in [0.717, 1.165) is 11.3 Å². The number of nitrogens with one attached hydrogen (secondary N) is 3. The van der Waals surface area contributed by atoms with E-state index in [1.165, 1.54) is 43.4 Å². The SMILES string of the molecule is CNC(=O)c1ccc(S(=O)(=O)Cc2csc(NC(=O)NCc3cccc(F)c3)n2)cc1. The number of anilines is 1. The lowest BCUT2D eigenvalue weighted by molar-refractivity contribution is 0.0963. The van der Waals surface area contributed by atoms with Crippen LogP contribution in [0.1, 0.15) is 21.6 Å². The first-order valence-electron chi connectivity index (χ1n) is 9.05. The number of hydrogen-bond donors (Lipinski definition) is 3. The van der Waals surface area contributed by atoms with Gasteiger partial charge in [0.2, 0.25) is 0 Å². The number of sulfone groups is 1. The molecule has 8 nitrogen and oxygen atoms in total. The van der Waals surface area contributed by atoms with Gasteiger partial charge in [0.25, 0.3) is 5.91 Å². The van der Waals surface area contributed by atoms with Gasteiger partial charge in [-0.1, -0.05) is 12.1 Å². The average molecular weight is 463 g/mol. The fraction of sp³-hybridized carbons (Fsp3) is 0.150. The van der Waals surface area contributed by atoms with Crippen LogP contribution in [0, 0.1) is 5.82 Å². The molecule has 31 heavy (non-hydrogen) atoms. The molecule has 0 fully saturated rings. The van der Waals surface area contributed by atoms with Crippen LogP contribution in [-0.2, 0) is 22.1 Å². The predicted molar refractivity (Wildman–Crippen MR) is 115 cm³/mol. The number of hydrogen-bond acceptors (Lipinski definition) is 6. The quantitative estimate of drug-likeness (QED) is 0.499. The maximum absolute atomic E-state index is 13.2. The average Bonchev–Trinajstić information content (AvgIpc) is 3.17. The summed E-state index contributed by atoms with van der Waals surface area (Å²) < 4.78 is 38.4. The number of urea groups is 1. The molecular formula is C20H19FN4O4S2. The molecule has 0 saturated carbocycles. The highest BCUT2D eigenvalue weighted by Crippen LogP contribution is 2.21. The van der Waals surface area contributed by atoms with E-state index >= 15 is 0 Å². The third-order valence-electron chi connectivity index (χ3n) is 4.15. The van der Waals surface area contributed by atoms with Crippen molar-refractivity contribution in [3.05, 3.63) is 76.5 Å². The molecule has 0 aliphatic carbocycles. The van der Waals surface area contributed by atoms with Gasteiger partial charge >= 0.3 is 6.03 Å². The van der Waals surface area contributed by atoms with E-state index in [9.17, 15) is 22.4 Å². The van der Waals surface area contributed by atoms with Gasteiger partial charge in [0.05, 0.1) is 16.3 Å². The fourth-order valence-electron chi connectivity index (χ4n) is 2.64. The van der Waals surface area contributed by atoms with Crippen LogP contribution in [0.3, 0.4) is 0 Å². The molecule has 1 aromatic heterocycles. The molecule has 0 bridgehead atoms. The summed E-state index contributed by atoms with van der Waals surface area (Å²) in [4.78, 5) is 27.8. The Bertz CT molecular complexity index is 1190. The minimum absolute atomic E-state index is 0.0653. The maximum atomic E-state index is 13.2. The van der Waals surface area contributed by atoms with Crippen LogP contribution in [0.25, 0.3) is 0 Å². The molecule has 0 atom stereocenters. The molecule has 3 aromatic rings. The first kappa shape index (κ1) is 22.4. The van der Waals surface area contributed by atoms with Crippen molar-refractivity contribution >= 4 is 38.2 Å². The number of carbonyl (C=O) groups is 2. The summed E-state index contributed by atoms with van der Waals surface area (Å²) in [6.07, 6.45) is 0. The Morgan fingerprint density at radius 3 is 2.55 bits per heavy atom. The number of amides is 3. The minimum atomic E-state index is -3.68. The first-order chi connectivity index (χ1) is 14.8. The van der Waals surface area contributed by atoms with E-state index in [1.807, 2.05) is 0 Å². The zero-order chi connectivity index (χ0) is 22.4. The molecule has 11 heteroatoms. The van der Waals surface area contributed by atoms with Gasteiger partial charge in [-0.05, 0) is 42.0 Å². The van der Waals surface area contributed by atoms with Crippen molar-refractivity contribution in [1.82, 2.24) is 15.6 Å². The monoisotopic (exact) mass is 462 g/mol. The molecular weight excluding hydrogens is 443 g/mol. The Balaban J connectivity index is 1.58. The van der Waals surface area contributed by atoms with Crippen molar-refractivity contribution < 1.29 is 22.4 Å². The van der Waals surface area contributed by atoms with Gasteiger partial charge in [-0.15, -0.1) is 11.3 Å². The second-order valence-electron chi connectivity index (χ2n) is 6.44. The van der Waals surface area contributed by atoms with Crippen molar-refractivity contribution in [2.24, 2.45) is 0 Å². The molecule has 0 aliphatic rings. The zero-order valence-corrected chi connectivity index (χ0v) is 18.0. The summed E-state index contributed by atoms with van der Waals surface area (Å²) in [5, 5.41) is 9.34. The molecule has 3 rings (SSSR count). The number of benzene rings is 2. The Morgan fingerprint density at radius 2 is 1.87 bits per heavy atom. The van der Waals surface area contributed by atoms with Gasteiger partial charge in [0.1, 0.15) is 5.82 Å². The first-order valence-corrected chi connectivity index (χ1v) is 11.6. The summed E-state index contributed by atoms with van der Waals surface area (Å²) in [5.41, 5.74) is 1.23. The van der Waals surface area contributed by atoms with E-state index in [-0.39, 0.29) is 33.9 Å². The summed E-state index contributed by atoms with van der Waals surface area (Å²) in [6, 6.07) is 10.9. The van der Waals surface area contributed by atoms with Crippen molar-refractivity contribution in [2.75, 3.05) is 12.4 Å². The lowest BCUT2D eigenvalue weighted by atomic mass is 10.2. The van der Waals surface area contributed by atoms with E-state index in [4.69, 9.17) is 0 Å². The van der Waals surface area contributed by atoms with Crippen molar-refractivity contribution in [3.8, 4) is 0 Å². The molecule has 2 aromatic carbocycles. The van der Waals surface area contributed by atoms with E-state index in [1.54, 1.807) is 17.5 Å². The van der Waals surface area contributed by atoms with Gasteiger partial charge < -0.3 is 10.6 Å². The van der Waals surface area contributed by atoms with Gasteiger partial charge in [-0.25, -0.2) is 22.6 Å². The second kappa shape index (κ2) is 9.67. The van der Waals surface area contributed by atoms with Crippen LogP contribution in [-0.4, -0.2) is 32.4 Å². The molecule has 0 spiro atoms. The molecule has 3 N–H and O–H groups in total. The summed E-state index contributed by atoms with van der Waals surface area (Å²) >= 11 is 1.09. The number of carbonyl (C=O) groups excluding carboxylic acids is 2. The Hall–Kier alpha value is -3.31. The Morgan fingerprint density at radius 1 is 1.13 bits per heavy atom. The molecule has 0 radical (unpaired) electrons. The highest BCUT2D eigenvalue weighted by Gasteiger charge is 2.18. The van der Waals surface area contributed by atoms with Crippen molar-refractivity contribution in [2.45, 2.75) is 17.2 Å². The third kappa shape index (κ3) is 6.09. The number of aromatic nitrogens is 1. The Labute approximate surface area is 182 Å². The Kier molecular flexibility index (Phi) is 6.98. The van der Waals surface area contributed by atoms with Crippen LogP contribution in [0.5, 0.6) is 0 Å². The van der Waals surface area contributed by atoms with Crippen molar-refractivity contribution in [1.29, 1.82) is 0 Å². The molecule has 0 saturated heterocycles. The largest absolute Gasteiger partial charge is 0.355 e. The standard InChI is InChI=1S/C20H19FN4O4S2/c1-22-18(26)14-5-7-17(8-6-14)31(28,29)12-16-11-30-20(24-16)25-19(27)23-10-13-3-2-4-15(21)9-13/h2-9,11H,10,12H2,1H3,(H,22,26)(H2,23,24,25,27). The lowest BCUT2D eigenvalue weighted by Crippen LogP contribution is -2.28. The summed E-state index contributed by atoms with van der Waals surface area (Å²) in [5.74, 6) is -1.06. The smallest absolute Gasteiger partial charge is 0.321 e. The third-order valence-corrected chi connectivity index (χ3v) is 6.63. The normalized spacial score (nSPS) is 11.0. The van der Waals surface area contributed by atoms with E-state index in [2.05, 4.69) is 20.9 Å². The van der Waals surface area contributed by atoms with Gasteiger partial charge in [-0.2, -0.15) is 0 Å². The van der Waals surface area contributed by atoms with Gasteiger partial charge in [-0.3, -0.25) is 10.1 Å². The number of thiazole rings is 1. The lowest BCUT2D eigenvalue weighted by Gasteiger charge is -2.06. The minimum Gasteiger partial charge on any atom is -0.355 e. The van der Waals surface area contributed by atoms with Crippen LogP contribution in [0.15, 0.2) is 58.8 Å². The fourth-order valence-corrected chi connectivity index (χ4v) is 4.70. The second-order valence-corrected chi connectivity index (χ2v) is 9.29. The molecule has 0 unspecified atom stereocenters. The molecule has 162 valence electrons. The zero-order valence-electron chi connectivity index (χ0n) is 16.4. The van der Waals surface area contributed by atoms with Crippen molar-refractivity contribution in [3.63, 3.8) is 0 Å². The molecule has 3 amide bonds. The van der Waals surface area contributed by atoms with Gasteiger partial charge in [0.15, 0.2) is 15.0 Å². The van der Waals surface area contributed by atoms with Crippen LogP contribution in [0.2, 0.25) is 0 Å². The molecule has 0 aliphatic heterocycles. The van der Waals surface area contributed by atoms with E-state index in [0.29, 0.717) is 11.1 Å². The topological polar surface area (TPSA) is 117 Å². The van der Waals surface area contributed by atoms with Crippen LogP contribution in [0.4, 0.5) is 14.3 Å². The van der Waals surface area contributed by atoms with E-state index < -0.39 is 21.7 Å². The van der Waals surface area contributed by atoms with Gasteiger partial charge in [0, 0.05) is 24.5 Å². The summed E-state index contributed by atoms with van der Waals surface area (Å²) in [6.45, 7) is 0.127. The number of nitrogens with zero attached hydrogens (tertiary/aromatic N) is 1. The predicted octanol–water partition coefficient (Wildman–Crippen LogP) is 2.94. The number of rotatable bonds is 7. The molecule has 1 heterocycles. The maximum Gasteiger partial charge on any atom is 0.321 e. The number of halogens is 1. The van der Waals surface area contributed by atoms with Crippen LogP contribution < -0.4 is 16.0 Å². The highest BCUT2D eigenvalue weighted by molar-refractivity contribution is 7.90. The highest BCUT2D eigenvalue weighted by atomic mass is 32.2. The van der Waals surface area contributed by atoms with Crippen LogP contribution >= 0.6 is 11.3 Å². The summed E-state index contributed by atoms with van der Waals surface area (Å²) in [7, 11) is -2.19.